The maximum atomic E-state index is 11.6. The predicted octanol–water partition coefficient (Wildman–Crippen LogP) is 14.8. The van der Waals surface area contributed by atoms with Gasteiger partial charge in [-0.3, -0.25) is 14.7 Å². The number of carbonyl (C=O) groups excluding carboxylic acids is 4. The highest BCUT2D eigenvalue weighted by Crippen LogP contribution is 2.27. The molecule has 9 aromatic rings. The number of anilines is 7. The van der Waals surface area contributed by atoms with E-state index in [-0.39, 0.29) is 42.4 Å². The number of amides is 2. The number of ether oxygens (including phenoxy) is 2. The second kappa shape index (κ2) is 51.5. The molecule has 1 aliphatic heterocycles. The highest BCUT2D eigenvalue weighted by Gasteiger charge is 2.28. The first kappa shape index (κ1) is 102. The molecule has 20 N–H and O–H groups in total. The van der Waals surface area contributed by atoms with Gasteiger partial charge in [-0.1, -0.05) is 92.8 Å². The average molecular weight is 1740 g/mol. The summed E-state index contributed by atoms with van der Waals surface area (Å²) in [6, 6.07) is 31.9. The van der Waals surface area contributed by atoms with Gasteiger partial charge in [0.05, 0.1) is 36.9 Å². The number of aromatic amines is 1. The van der Waals surface area contributed by atoms with Crippen molar-refractivity contribution in [1.82, 2.24) is 69.6 Å². The summed E-state index contributed by atoms with van der Waals surface area (Å²) in [6.07, 6.45) is 28.0. The molecule has 14 rings (SSSR count). The highest BCUT2D eigenvalue weighted by molar-refractivity contribution is 6.33. The number of alkyl carbamates (subject to hydrolysis) is 2. The van der Waals surface area contributed by atoms with Crippen LogP contribution in [0.1, 0.15) is 211 Å². The van der Waals surface area contributed by atoms with Crippen molar-refractivity contribution >= 4 is 110 Å². The van der Waals surface area contributed by atoms with Crippen LogP contribution in [0.2, 0.25) is 15.5 Å². The van der Waals surface area contributed by atoms with Gasteiger partial charge >= 0.3 is 12.2 Å². The first-order valence-electron chi connectivity index (χ1n) is 42.1. The molecule has 4 aliphatic carbocycles. The largest absolute Gasteiger partial charge is 0.444 e. The van der Waals surface area contributed by atoms with Crippen LogP contribution in [0.25, 0.3) is 11.3 Å². The van der Waals surface area contributed by atoms with Gasteiger partial charge in [0.25, 0.3) is 5.91 Å². The minimum Gasteiger partial charge on any atom is -0.444 e. The monoisotopic (exact) mass is 1730 g/mol. The Balaban J connectivity index is 0.000000243. The number of hydrogen-bond acceptors (Lipinski definition) is 24. The van der Waals surface area contributed by atoms with Crippen molar-refractivity contribution in [2.45, 2.75) is 270 Å². The SMILES string of the molecule is CC(C)(C)OC(=O)NC1CCC(N)CC1.CCc1cn[nH]c1N.CCc1cnn2c(Cl)cc(Cl)nc12.CCc1cnn2c(Nc3cccc(N)c3)cc(Cl)nc12.CCc1cnn2c1CC(=O)CC2=O.CN(C)C1CCC(N)CC1.CN(C)C1CCC(NC(=O)OC(C)(C)C)CC1.CN(C)c1ccccc1.NC1CCC(N)CC1.Nc1cccc(N)c1. The Hall–Kier alpha value is -9.37. The molecule has 30 nitrogen and oxygen atoms in total. The zero-order valence-electron chi connectivity index (χ0n) is 74.2. The average Bonchev–Trinajstić information content (AvgIpc) is 1.67. The Kier molecular flexibility index (Phi) is 43.5. The number of halogens is 3. The van der Waals surface area contributed by atoms with E-state index in [1.807, 2.05) is 131 Å². The standard InChI is InChI=1S/C14H14ClN5.C13H26N2O2.C11H22N2O2.C9H10N2O2.C8H7Cl2N3.C8H18N2.C8H11N.C6H14N2.C6H8N2.C5H9N3/c1-2-9-8-17-20-13(7-12(15)19-14(9)20)18-11-5-3-4-10(16)6-11;1-13(2,3)17-12(16)14-10-6-8-11(9-7-10)15(4)5;1-11(2,3)15-10(14)13-9-6-4-8(12)5-7-9;1-2-6-5-10-11-8(6)3-7(12)4-9(11)13;1-2-5-4-11-13-7(10)3-6(9)12-8(5)13;1-10(2)8-5-3-7(9)4-6-8;1-9(2)8-6-4-3-5-7-8;7-5-1-2-6(8)4-3-5;7-5-2-1-3-6(8)4-5;1-2-4-3-7-8-5(4)6/h3-8,18H,2,16H2,1H3;10-11H,6-9H2,1-5H3,(H,14,16);8-9H,4-7,12H2,1-3H3,(H,13,14);5H,2-4H2,1H3;3-4H,2H2,1H3;7-8H,3-6,9H2,1-2H3;3-7H,1-2H3;5-6H,1-4,7-8H2;1-4H,7-8H2;3H,2H2,1H3,(H3,6,7,8). The van der Waals surface area contributed by atoms with Crippen molar-refractivity contribution in [3.63, 3.8) is 0 Å². The number of H-pyrrole nitrogens is 1. The lowest BCUT2D eigenvalue weighted by molar-refractivity contribution is -0.118. The second-order valence-electron chi connectivity index (χ2n) is 33.4. The molecule has 2 amide bonds. The number of rotatable bonds is 11. The van der Waals surface area contributed by atoms with Gasteiger partial charge in [0, 0.05) is 126 Å². The van der Waals surface area contributed by atoms with Crippen molar-refractivity contribution in [3.8, 4) is 0 Å². The molecule has 33 heteroatoms. The fourth-order valence-corrected chi connectivity index (χ4v) is 14.1. The summed E-state index contributed by atoms with van der Waals surface area (Å²) in [5.74, 6) is 1.23. The number of ketones is 1. The van der Waals surface area contributed by atoms with E-state index in [1.54, 1.807) is 58.0 Å². The number of nitrogen functional groups attached to an aromatic ring is 4. The summed E-state index contributed by atoms with van der Waals surface area (Å²) in [5, 5.41) is 29.2. The van der Waals surface area contributed by atoms with Gasteiger partial charge in [-0.15, -0.1) is 0 Å². The first-order valence-corrected chi connectivity index (χ1v) is 43.2. The van der Waals surface area contributed by atoms with Crippen LogP contribution in [0.5, 0.6) is 0 Å². The lowest BCUT2D eigenvalue weighted by Gasteiger charge is -2.33. The molecule has 5 aliphatic rings. The first-order chi connectivity index (χ1) is 57.2. The van der Waals surface area contributed by atoms with Gasteiger partial charge < -0.3 is 86.0 Å². The van der Waals surface area contributed by atoms with Gasteiger partial charge in [-0.05, 0) is 252 Å². The molecule has 668 valence electrons. The molecule has 4 fully saturated rings. The lowest BCUT2D eigenvalue weighted by atomic mass is 9.91. The van der Waals surface area contributed by atoms with E-state index in [4.69, 9.17) is 90.1 Å². The maximum absolute atomic E-state index is 11.6. The molecule has 0 unspecified atom stereocenters. The summed E-state index contributed by atoms with van der Waals surface area (Å²) in [6.45, 7) is 19.4. The number of nitrogens with one attached hydrogen (secondary N) is 4. The third kappa shape index (κ3) is 37.9. The Morgan fingerprint density at radius 1 is 0.496 bits per heavy atom. The van der Waals surface area contributed by atoms with Crippen molar-refractivity contribution in [2.24, 2.45) is 22.9 Å². The number of carbonyl (C=O) groups is 4. The van der Waals surface area contributed by atoms with Crippen LogP contribution in [0.4, 0.5) is 49.7 Å². The Bertz CT molecular complexity index is 4500. The summed E-state index contributed by atoms with van der Waals surface area (Å²) in [4.78, 5) is 60.6. The topological polar surface area (TPSA) is 448 Å². The lowest BCUT2D eigenvalue weighted by Crippen LogP contribution is -2.43. The van der Waals surface area contributed by atoms with Crippen LogP contribution in [-0.2, 0) is 46.4 Å². The van der Waals surface area contributed by atoms with Crippen LogP contribution >= 0.6 is 34.8 Å². The fourth-order valence-electron chi connectivity index (χ4n) is 13.5. The minimum absolute atomic E-state index is 0.00215. The van der Waals surface area contributed by atoms with Gasteiger partial charge in [0.2, 0.25) is 0 Å². The predicted molar refractivity (Wildman–Crippen MR) is 495 cm³/mol. The van der Waals surface area contributed by atoms with Crippen LogP contribution in [-0.4, -0.2) is 185 Å². The van der Waals surface area contributed by atoms with Gasteiger partial charge in [-0.2, -0.15) is 24.9 Å². The van der Waals surface area contributed by atoms with E-state index in [0.717, 1.165) is 160 Å². The minimum atomic E-state index is -0.421. The maximum Gasteiger partial charge on any atom is 0.407 e. The molecule has 0 saturated heterocycles. The van der Waals surface area contributed by atoms with E-state index in [2.05, 4.69) is 113 Å². The number of Topliss-reactive ketones (excluding diaryl/α,β-unsaturated/α-hetero) is 1. The van der Waals surface area contributed by atoms with Crippen LogP contribution in [0.15, 0.2) is 116 Å². The number of fused-ring (bicyclic) bond motifs is 3. The summed E-state index contributed by atoms with van der Waals surface area (Å²) in [5.41, 5.74) is 54.7. The van der Waals surface area contributed by atoms with Gasteiger partial charge in [0.1, 0.15) is 44.1 Å². The zero-order chi connectivity index (χ0) is 89.7. The number of aromatic nitrogens is 10. The number of nitrogens with zero attached hydrogens (tertiary/aromatic N) is 12. The summed E-state index contributed by atoms with van der Waals surface area (Å²) in [7, 11) is 12.6. The molecular formula is C88H139Cl3N24O6. The van der Waals surface area contributed by atoms with Gasteiger partial charge in [0.15, 0.2) is 11.3 Å². The van der Waals surface area contributed by atoms with Crippen molar-refractivity contribution < 1.29 is 28.7 Å². The van der Waals surface area contributed by atoms with Crippen LogP contribution in [0.3, 0.4) is 0 Å². The molecular weight excluding hydrogens is 1600 g/mol. The van der Waals surface area contributed by atoms with Crippen molar-refractivity contribution in [3.05, 3.63) is 159 Å². The van der Waals surface area contributed by atoms with Crippen LogP contribution < -0.4 is 66.7 Å². The smallest absolute Gasteiger partial charge is 0.407 e. The Morgan fingerprint density at radius 2 is 0.909 bits per heavy atom. The quantitative estimate of drug-likeness (QED) is 0.0325. The van der Waals surface area contributed by atoms with E-state index in [0.29, 0.717) is 75.0 Å². The molecule has 4 saturated carbocycles. The van der Waals surface area contributed by atoms with Crippen molar-refractivity contribution in [1.29, 1.82) is 0 Å². The molecule has 0 spiro atoms. The molecule has 0 bridgehead atoms. The molecule has 121 heavy (non-hydrogen) atoms. The summed E-state index contributed by atoms with van der Waals surface area (Å²) >= 11 is 17.8. The molecule has 6 aromatic heterocycles. The normalized spacial score (nSPS) is 19.1. The summed E-state index contributed by atoms with van der Waals surface area (Å²) < 4.78 is 15.1. The fraction of sp³-hybridized carbons (Fsp3) is 0.545. The second-order valence-corrected chi connectivity index (χ2v) is 34.6. The molecule has 7 heterocycles. The molecule has 0 radical (unpaired) electrons. The third-order valence-electron chi connectivity index (χ3n) is 20.4. The number of benzene rings is 3. The Morgan fingerprint density at radius 3 is 1.31 bits per heavy atom. The number of hydrogen-bond donors (Lipinski definition) is 12. The molecule has 3 aromatic carbocycles. The van der Waals surface area contributed by atoms with E-state index in [1.165, 1.54) is 36.1 Å². The van der Waals surface area contributed by atoms with Crippen LogP contribution in [0, 0.1) is 0 Å². The Labute approximate surface area is 731 Å². The third-order valence-corrected chi connectivity index (χ3v) is 21.1. The highest BCUT2D eigenvalue weighted by atomic mass is 35.5. The van der Waals surface area contributed by atoms with Crippen molar-refractivity contribution in [2.75, 3.05) is 75.4 Å². The number of para-hydroxylation sites is 1. The molecule has 0 atom stereocenters. The van der Waals surface area contributed by atoms with E-state index in [9.17, 15) is 19.2 Å². The van der Waals surface area contributed by atoms with E-state index < -0.39 is 11.2 Å². The number of aryl methyl sites for hydroxylation is 4. The van der Waals surface area contributed by atoms with Gasteiger partial charge in [-0.25, -0.2) is 28.8 Å². The zero-order valence-corrected chi connectivity index (χ0v) is 76.5. The number of nitrogens with two attached hydrogens (primary N) is 8. The van der Waals surface area contributed by atoms with E-state index >= 15 is 0 Å².